The molecule has 1 heterocycles. The maximum absolute atomic E-state index is 10.7. The van der Waals surface area contributed by atoms with Gasteiger partial charge in [-0.15, -0.1) is 0 Å². The fourth-order valence-corrected chi connectivity index (χ4v) is 1.98. The van der Waals surface area contributed by atoms with E-state index >= 15 is 0 Å². The van der Waals surface area contributed by atoms with Crippen LogP contribution in [0.15, 0.2) is 54.9 Å². The molecule has 88 valence electrons. The van der Waals surface area contributed by atoms with E-state index in [0.29, 0.717) is 6.42 Å². The molecule has 1 aromatic heterocycles. The van der Waals surface area contributed by atoms with Crippen LogP contribution in [0.2, 0.25) is 0 Å². The third kappa shape index (κ3) is 2.97. The van der Waals surface area contributed by atoms with E-state index in [-0.39, 0.29) is 12.5 Å². The smallest absolute Gasteiger partial charge is 0.303 e. The van der Waals surface area contributed by atoms with E-state index in [0.717, 1.165) is 5.56 Å². The van der Waals surface area contributed by atoms with E-state index in [1.165, 1.54) is 0 Å². The number of carbonyl (C=O) groups is 1. The molecule has 0 saturated carbocycles. The third-order valence-electron chi connectivity index (χ3n) is 2.80. The molecule has 0 spiro atoms. The van der Waals surface area contributed by atoms with Crippen molar-refractivity contribution in [3.63, 3.8) is 0 Å². The number of rotatable bonds is 5. The van der Waals surface area contributed by atoms with Gasteiger partial charge in [0.1, 0.15) is 0 Å². The van der Waals surface area contributed by atoms with Gasteiger partial charge in [-0.3, -0.25) is 4.79 Å². The first-order valence-corrected chi connectivity index (χ1v) is 5.66. The van der Waals surface area contributed by atoms with Gasteiger partial charge in [0, 0.05) is 18.8 Å². The highest BCUT2D eigenvalue weighted by molar-refractivity contribution is 5.66. The van der Waals surface area contributed by atoms with Crippen molar-refractivity contribution in [2.45, 2.75) is 18.9 Å². The number of benzene rings is 1. The number of aliphatic carboxylic acids is 1. The Balaban J connectivity index is 2.22. The maximum atomic E-state index is 10.7. The van der Waals surface area contributed by atoms with Crippen molar-refractivity contribution in [1.82, 2.24) is 4.57 Å². The summed E-state index contributed by atoms with van der Waals surface area (Å²) in [6, 6.07) is 14.0. The second-order valence-electron chi connectivity index (χ2n) is 3.99. The standard InChI is InChI=1S/C14H15NO2/c16-14(17)9-8-13(15-10-4-5-11-15)12-6-2-1-3-7-12/h1-7,10-11,13H,8-9H2,(H,16,17). The van der Waals surface area contributed by atoms with Gasteiger partial charge < -0.3 is 9.67 Å². The van der Waals surface area contributed by atoms with Crippen LogP contribution in [0.3, 0.4) is 0 Å². The fraction of sp³-hybridized carbons (Fsp3) is 0.214. The second-order valence-corrected chi connectivity index (χ2v) is 3.99. The number of hydrogen-bond acceptors (Lipinski definition) is 1. The Hall–Kier alpha value is -2.03. The molecule has 0 aliphatic heterocycles. The molecule has 3 nitrogen and oxygen atoms in total. The van der Waals surface area contributed by atoms with Gasteiger partial charge in [-0.2, -0.15) is 0 Å². The molecule has 1 atom stereocenters. The molecule has 1 N–H and O–H groups in total. The van der Waals surface area contributed by atoms with Crippen LogP contribution in [0.1, 0.15) is 24.4 Å². The zero-order chi connectivity index (χ0) is 12.1. The number of carboxylic acid groups (broad SMARTS) is 1. The summed E-state index contributed by atoms with van der Waals surface area (Å²) in [5, 5.41) is 8.80. The number of nitrogens with zero attached hydrogens (tertiary/aromatic N) is 1. The van der Waals surface area contributed by atoms with E-state index in [9.17, 15) is 4.79 Å². The molecule has 3 heteroatoms. The zero-order valence-corrected chi connectivity index (χ0v) is 9.49. The molecule has 1 unspecified atom stereocenters. The predicted octanol–water partition coefficient (Wildman–Crippen LogP) is 2.94. The summed E-state index contributed by atoms with van der Waals surface area (Å²) in [6.07, 6.45) is 4.73. The largest absolute Gasteiger partial charge is 0.481 e. The SMILES string of the molecule is O=C(O)CCC(c1ccccc1)n1cccc1. The Labute approximate surface area is 100 Å². The highest BCUT2D eigenvalue weighted by Crippen LogP contribution is 2.23. The summed E-state index contributed by atoms with van der Waals surface area (Å²) in [4.78, 5) is 10.7. The molecule has 2 rings (SSSR count). The first kappa shape index (κ1) is 11.5. The molecular formula is C14H15NO2. The highest BCUT2D eigenvalue weighted by atomic mass is 16.4. The first-order chi connectivity index (χ1) is 8.27. The maximum Gasteiger partial charge on any atom is 0.303 e. The van der Waals surface area contributed by atoms with E-state index in [2.05, 4.69) is 4.57 Å². The van der Waals surface area contributed by atoms with Gasteiger partial charge in [0.25, 0.3) is 0 Å². The van der Waals surface area contributed by atoms with Crippen LogP contribution in [-0.2, 0) is 4.79 Å². The Morgan fingerprint density at radius 1 is 1.12 bits per heavy atom. The second kappa shape index (κ2) is 5.34. The summed E-state index contributed by atoms with van der Waals surface area (Å²) in [5.74, 6) is -0.752. The van der Waals surface area contributed by atoms with E-state index < -0.39 is 5.97 Å². The van der Waals surface area contributed by atoms with Crippen molar-refractivity contribution >= 4 is 5.97 Å². The van der Waals surface area contributed by atoms with Crippen molar-refractivity contribution in [1.29, 1.82) is 0 Å². The molecule has 1 aromatic carbocycles. The summed E-state index contributed by atoms with van der Waals surface area (Å²) in [5.41, 5.74) is 1.14. The van der Waals surface area contributed by atoms with Crippen LogP contribution in [0.25, 0.3) is 0 Å². The minimum atomic E-state index is -0.752. The Morgan fingerprint density at radius 3 is 2.35 bits per heavy atom. The van der Waals surface area contributed by atoms with Gasteiger partial charge >= 0.3 is 5.97 Å². The van der Waals surface area contributed by atoms with Gasteiger partial charge in [0.2, 0.25) is 0 Å². The van der Waals surface area contributed by atoms with Crippen LogP contribution in [-0.4, -0.2) is 15.6 Å². The molecule has 0 fully saturated rings. The van der Waals surface area contributed by atoms with Crippen molar-refractivity contribution in [2.24, 2.45) is 0 Å². The Morgan fingerprint density at radius 2 is 1.76 bits per heavy atom. The van der Waals surface area contributed by atoms with Gasteiger partial charge in [-0.25, -0.2) is 0 Å². The predicted molar refractivity (Wildman–Crippen MR) is 65.9 cm³/mol. The van der Waals surface area contributed by atoms with Crippen molar-refractivity contribution in [3.05, 3.63) is 60.4 Å². The lowest BCUT2D eigenvalue weighted by Crippen LogP contribution is -2.10. The zero-order valence-electron chi connectivity index (χ0n) is 9.49. The molecule has 0 aliphatic carbocycles. The van der Waals surface area contributed by atoms with Gasteiger partial charge in [-0.1, -0.05) is 30.3 Å². The number of aromatic nitrogens is 1. The molecule has 0 radical (unpaired) electrons. The third-order valence-corrected chi connectivity index (χ3v) is 2.80. The summed E-state index contributed by atoms with van der Waals surface area (Å²) in [6.45, 7) is 0. The highest BCUT2D eigenvalue weighted by Gasteiger charge is 2.13. The molecular weight excluding hydrogens is 214 g/mol. The lowest BCUT2D eigenvalue weighted by molar-refractivity contribution is -0.137. The van der Waals surface area contributed by atoms with E-state index in [1.807, 2.05) is 54.9 Å². The average Bonchev–Trinajstić information content (AvgIpc) is 2.84. The quantitative estimate of drug-likeness (QED) is 0.856. The molecule has 0 amide bonds. The van der Waals surface area contributed by atoms with Crippen LogP contribution >= 0.6 is 0 Å². The number of carboxylic acids is 1. The fourth-order valence-electron chi connectivity index (χ4n) is 1.98. The van der Waals surface area contributed by atoms with Crippen molar-refractivity contribution in [3.8, 4) is 0 Å². The van der Waals surface area contributed by atoms with E-state index in [4.69, 9.17) is 5.11 Å². The summed E-state index contributed by atoms with van der Waals surface area (Å²) >= 11 is 0. The van der Waals surface area contributed by atoms with Crippen LogP contribution in [0.4, 0.5) is 0 Å². The molecule has 2 aromatic rings. The van der Waals surface area contributed by atoms with Crippen LogP contribution < -0.4 is 0 Å². The molecule has 17 heavy (non-hydrogen) atoms. The number of hydrogen-bond donors (Lipinski definition) is 1. The molecule has 0 aliphatic rings. The topological polar surface area (TPSA) is 42.2 Å². The van der Waals surface area contributed by atoms with Crippen LogP contribution in [0.5, 0.6) is 0 Å². The average molecular weight is 229 g/mol. The molecule has 0 saturated heterocycles. The monoisotopic (exact) mass is 229 g/mol. The minimum absolute atomic E-state index is 0.0994. The van der Waals surface area contributed by atoms with Gasteiger partial charge in [0.15, 0.2) is 0 Å². The summed E-state index contributed by atoms with van der Waals surface area (Å²) < 4.78 is 2.05. The van der Waals surface area contributed by atoms with Crippen LogP contribution in [0, 0.1) is 0 Å². The lowest BCUT2D eigenvalue weighted by atomic mass is 10.0. The minimum Gasteiger partial charge on any atom is -0.481 e. The Kier molecular flexibility index (Phi) is 3.60. The van der Waals surface area contributed by atoms with E-state index in [1.54, 1.807) is 0 Å². The normalized spacial score (nSPS) is 12.2. The van der Waals surface area contributed by atoms with Crippen molar-refractivity contribution < 1.29 is 9.90 Å². The Bertz CT molecular complexity index is 462. The van der Waals surface area contributed by atoms with Crippen molar-refractivity contribution in [2.75, 3.05) is 0 Å². The first-order valence-electron chi connectivity index (χ1n) is 5.66. The van der Waals surface area contributed by atoms with Gasteiger partial charge in [-0.05, 0) is 24.1 Å². The lowest BCUT2D eigenvalue weighted by Gasteiger charge is -2.18. The summed E-state index contributed by atoms with van der Waals surface area (Å²) in [7, 11) is 0. The molecule has 0 bridgehead atoms. The van der Waals surface area contributed by atoms with Gasteiger partial charge in [0.05, 0.1) is 6.04 Å².